The Bertz CT molecular complexity index is 1300. The highest BCUT2D eigenvalue weighted by atomic mass is 16.4. The highest BCUT2D eigenvalue weighted by Gasteiger charge is 2.32. The number of carboxylic acid groups (broad SMARTS) is 1. The smallest absolute Gasteiger partial charge is 0.328 e. The van der Waals surface area contributed by atoms with E-state index >= 15 is 0 Å². The number of nitrogens with two attached hydrogens (primary N) is 1. The number of rotatable bonds is 14. The Morgan fingerprint density at radius 1 is 0.950 bits per heavy atom. The minimum atomic E-state index is -1.55. The van der Waals surface area contributed by atoms with Crippen molar-refractivity contribution in [2.45, 2.75) is 70.3 Å². The Hall–Kier alpha value is -4.23. The summed E-state index contributed by atoms with van der Waals surface area (Å²) in [4.78, 5) is 60.9. The molecule has 0 saturated carbocycles. The van der Waals surface area contributed by atoms with E-state index in [1.807, 2.05) is 38.1 Å². The molecule has 0 bridgehead atoms. The molecule has 0 aliphatic heterocycles. The molecular formula is C27H37N7O6. The van der Waals surface area contributed by atoms with Crippen LogP contribution in [0.5, 0.6) is 0 Å². The number of para-hydroxylation sites is 1. The van der Waals surface area contributed by atoms with E-state index in [9.17, 15) is 29.4 Å². The topological polar surface area (TPSA) is 215 Å². The largest absolute Gasteiger partial charge is 0.480 e. The molecule has 0 spiro atoms. The number of H-pyrrole nitrogens is 2. The lowest BCUT2D eigenvalue weighted by atomic mass is 10.0. The number of carbonyl (C=O) groups is 4. The van der Waals surface area contributed by atoms with Crippen LogP contribution in [0.25, 0.3) is 10.9 Å². The maximum Gasteiger partial charge on any atom is 0.328 e. The van der Waals surface area contributed by atoms with E-state index in [1.54, 1.807) is 6.20 Å². The van der Waals surface area contributed by atoms with E-state index in [4.69, 9.17) is 5.73 Å². The van der Waals surface area contributed by atoms with E-state index in [0.29, 0.717) is 5.69 Å². The molecule has 3 amide bonds. The van der Waals surface area contributed by atoms with Gasteiger partial charge in [-0.25, -0.2) is 9.78 Å². The molecular weight excluding hydrogens is 518 g/mol. The van der Waals surface area contributed by atoms with Crippen LogP contribution in [0, 0.1) is 5.92 Å². The summed E-state index contributed by atoms with van der Waals surface area (Å²) in [5.74, 6) is -3.44. The zero-order chi connectivity index (χ0) is 29.4. The van der Waals surface area contributed by atoms with E-state index in [2.05, 4.69) is 30.9 Å². The van der Waals surface area contributed by atoms with E-state index in [-0.39, 0.29) is 25.2 Å². The monoisotopic (exact) mass is 555 g/mol. The Balaban J connectivity index is 1.75. The Kier molecular flexibility index (Phi) is 10.4. The van der Waals surface area contributed by atoms with Crippen LogP contribution in [-0.2, 0) is 32.0 Å². The second-order valence-electron chi connectivity index (χ2n) is 10.3. The summed E-state index contributed by atoms with van der Waals surface area (Å²) in [5.41, 5.74) is 8.56. The second kappa shape index (κ2) is 13.7. The summed E-state index contributed by atoms with van der Waals surface area (Å²) in [6.07, 6.45) is 3.83. The first kappa shape index (κ1) is 30.3. The number of hydrogen-bond acceptors (Lipinski definition) is 7. The van der Waals surface area contributed by atoms with E-state index in [0.717, 1.165) is 16.5 Å². The standard InChI is InChI=1S/C27H37N7O6/c1-14(2)8-21(26(38)34-23(15(3)35)27(39)40)33-25(37)22(10-17-12-29-13-31-17)32-24(36)19(28)9-16-11-30-20-7-5-4-6-18(16)20/h4-7,11-15,19,21-23,30,35H,8-10,28H2,1-3H3,(H,29,31)(H,32,36)(H,33,37)(H,34,38)(H,39,40). The van der Waals surface area contributed by atoms with Gasteiger partial charge < -0.3 is 41.9 Å². The molecule has 2 heterocycles. The van der Waals surface area contributed by atoms with Gasteiger partial charge in [-0.3, -0.25) is 14.4 Å². The first-order valence-corrected chi connectivity index (χ1v) is 13.1. The average molecular weight is 556 g/mol. The lowest BCUT2D eigenvalue weighted by Crippen LogP contribution is -2.59. The number of aromatic amines is 2. The van der Waals surface area contributed by atoms with Gasteiger partial charge in [-0.05, 0) is 37.3 Å². The zero-order valence-electron chi connectivity index (χ0n) is 22.7. The number of aliphatic hydroxyl groups is 1. The molecule has 3 aromatic rings. The second-order valence-corrected chi connectivity index (χ2v) is 10.3. The molecule has 9 N–H and O–H groups in total. The van der Waals surface area contributed by atoms with Crippen molar-refractivity contribution >= 4 is 34.6 Å². The van der Waals surface area contributed by atoms with Crippen LogP contribution in [0.1, 0.15) is 38.4 Å². The fraction of sp³-hybridized carbons (Fsp3) is 0.444. The average Bonchev–Trinajstić information content (AvgIpc) is 3.55. The number of nitrogens with zero attached hydrogens (tertiary/aromatic N) is 1. The number of aliphatic carboxylic acids is 1. The molecule has 40 heavy (non-hydrogen) atoms. The lowest BCUT2D eigenvalue weighted by Gasteiger charge is -2.26. The molecule has 0 aliphatic carbocycles. The molecule has 0 aliphatic rings. The predicted octanol–water partition coefficient (Wildman–Crippen LogP) is -0.0306. The van der Waals surface area contributed by atoms with Crippen LogP contribution in [0.3, 0.4) is 0 Å². The zero-order valence-corrected chi connectivity index (χ0v) is 22.7. The third kappa shape index (κ3) is 8.13. The lowest BCUT2D eigenvalue weighted by molar-refractivity contribution is -0.145. The first-order valence-electron chi connectivity index (χ1n) is 13.1. The minimum absolute atomic E-state index is 0.0405. The number of aliphatic hydroxyl groups excluding tert-OH is 1. The molecule has 0 radical (unpaired) electrons. The van der Waals surface area contributed by atoms with Gasteiger partial charge in [-0.1, -0.05) is 32.0 Å². The van der Waals surface area contributed by atoms with Crippen molar-refractivity contribution in [1.29, 1.82) is 0 Å². The number of carbonyl (C=O) groups excluding carboxylic acids is 3. The number of benzene rings is 1. The van der Waals surface area contributed by atoms with Gasteiger partial charge in [0, 0.05) is 35.4 Å². The summed E-state index contributed by atoms with van der Waals surface area (Å²) < 4.78 is 0. The first-order chi connectivity index (χ1) is 19.0. The quantitative estimate of drug-likeness (QED) is 0.135. The van der Waals surface area contributed by atoms with Crippen molar-refractivity contribution < 1.29 is 29.4 Å². The fourth-order valence-corrected chi connectivity index (χ4v) is 4.35. The normalized spacial score (nSPS) is 15.2. The molecule has 13 heteroatoms. The van der Waals surface area contributed by atoms with Gasteiger partial charge in [0.2, 0.25) is 17.7 Å². The summed E-state index contributed by atoms with van der Waals surface area (Å²) in [7, 11) is 0. The highest BCUT2D eigenvalue weighted by molar-refractivity contribution is 5.94. The van der Waals surface area contributed by atoms with Crippen LogP contribution >= 0.6 is 0 Å². The Morgan fingerprint density at radius 2 is 1.62 bits per heavy atom. The molecule has 216 valence electrons. The molecule has 3 rings (SSSR count). The molecule has 13 nitrogen and oxygen atoms in total. The fourth-order valence-electron chi connectivity index (χ4n) is 4.35. The maximum absolute atomic E-state index is 13.4. The Labute approximate surface area is 231 Å². The van der Waals surface area contributed by atoms with Gasteiger partial charge in [-0.2, -0.15) is 0 Å². The van der Waals surface area contributed by atoms with Gasteiger partial charge in [0.25, 0.3) is 0 Å². The molecule has 2 aromatic heterocycles. The number of amides is 3. The van der Waals surface area contributed by atoms with Crippen molar-refractivity contribution in [3.05, 3.63) is 54.2 Å². The number of carboxylic acids is 1. The van der Waals surface area contributed by atoms with Crippen molar-refractivity contribution in [2.24, 2.45) is 11.7 Å². The number of nitrogens with one attached hydrogen (secondary N) is 5. The SMILES string of the molecule is CC(C)CC(NC(=O)C(Cc1cnc[nH]1)NC(=O)C(N)Cc1c[nH]c2ccccc12)C(=O)NC(C(=O)O)C(C)O. The third-order valence-corrected chi connectivity index (χ3v) is 6.45. The van der Waals surface area contributed by atoms with Crippen molar-refractivity contribution in [2.75, 3.05) is 0 Å². The molecule has 1 aromatic carbocycles. The van der Waals surface area contributed by atoms with Crippen LogP contribution in [0.4, 0.5) is 0 Å². The number of aromatic nitrogens is 3. The highest BCUT2D eigenvalue weighted by Crippen LogP contribution is 2.19. The molecule has 0 fully saturated rings. The van der Waals surface area contributed by atoms with Crippen molar-refractivity contribution in [3.63, 3.8) is 0 Å². The summed E-state index contributed by atoms with van der Waals surface area (Å²) in [6.45, 7) is 4.91. The molecule has 5 unspecified atom stereocenters. The van der Waals surface area contributed by atoms with Crippen LogP contribution in [0.15, 0.2) is 43.0 Å². The van der Waals surface area contributed by atoms with Crippen LogP contribution in [-0.4, -0.2) is 79.1 Å². The van der Waals surface area contributed by atoms with E-state index in [1.165, 1.54) is 19.4 Å². The summed E-state index contributed by atoms with van der Waals surface area (Å²) >= 11 is 0. The molecule has 0 saturated heterocycles. The van der Waals surface area contributed by atoms with Crippen molar-refractivity contribution in [3.8, 4) is 0 Å². The Morgan fingerprint density at radius 3 is 2.25 bits per heavy atom. The number of hydrogen-bond donors (Lipinski definition) is 8. The van der Waals surface area contributed by atoms with Crippen LogP contribution < -0.4 is 21.7 Å². The van der Waals surface area contributed by atoms with Gasteiger partial charge in [0.15, 0.2) is 6.04 Å². The summed E-state index contributed by atoms with van der Waals surface area (Å²) in [6, 6.07) is 2.87. The van der Waals surface area contributed by atoms with Crippen LogP contribution in [0.2, 0.25) is 0 Å². The number of fused-ring (bicyclic) bond motifs is 1. The van der Waals surface area contributed by atoms with Crippen molar-refractivity contribution in [1.82, 2.24) is 30.9 Å². The third-order valence-electron chi connectivity index (χ3n) is 6.45. The van der Waals surface area contributed by atoms with Gasteiger partial charge in [-0.15, -0.1) is 0 Å². The summed E-state index contributed by atoms with van der Waals surface area (Å²) in [5, 5.41) is 27.6. The minimum Gasteiger partial charge on any atom is -0.480 e. The van der Waals surface area contributed by atoms with E-state index < -0.39 is 54.0 Å². The predicted molar refractivity (Wildman–Crippen MR) is 147 cm³/mol. The van der Waals surface area contributed by atoms with Gasteiger partial charge in [0.05, 0.1) is 18.5 Å². The number of imidazole rings is 1. The molecule has 5 atom stereocenters. The maximum atomic E-state index is 13.4. The van der Waals surface area contributed by atoms with Gasteiger partial charge >= 0.3 is 5.97 Å². The van der Waals surface area contributed by atoms with Gasteiger partial charge in [0.1, 0.15) is 12.1 Å².